The third-order valence-electron chi connectivity index (χ3n) is 3.78. The Morgan fingerprint density at radius 1 is 1.00 bits per heavy atom. The van der Waals surface area contributed by atoms with E-state index < -0.39 is 34.8 Å². The highest BCUT2D eigenvalue weighted by molar-refractivity contribution is 6.33. The van der Waals surface area contributed by atoms with Gasteiger partial charge in [-0.2, -0.15) is 13.2 Å². The van der Waals surface area contributed by atoms with Crippen LogP contribution in [0.2, 0.25) is 5.02 Å². The first-order chi connectivity index (χ1) is 13.2. The number of anilines is 1. The number of hydrogen-bond donors (Lipinski definition) is 1. The number of carbonyl (C=O) groups is 1. The number of benzene rings is 2. The monoisotopic (exact) mass is 412 g/mol. The molecular formula is C19H10ClF5N2O. The maximum absolute atomic E-state index is 13.6. The summed E-state index contributed by atoms with van der Waals surface area (Å²) in [6, 6.07) is 8.48. The number of pyridine rings is 1. The number of amides is 1. The van der Waals surface area contributed by atoms with Crippen LogP contribution in [-0.4, -0.2) is 10.9 Å². The average molecular weight is 413 g/mol. The minimum atomic E-state index is -4.54. The van der Waals surface area contributed by atoms with E-state index in [2.05, 4.69) is 10.3 Å². The first-order valence-corrected chi connectivity index (χ1v) is 8.13. The van der Waals surface area contributed by atoms with Crippen molar-refractivity contribution < 1.29 is 26.7 Å². The van der Waals surface area contributed by atoms with Crippen LogP contribution in [0, 0.1) is 11.6 Å². The fourth-order valence-electron chi connectivity index (χ4n) is 2.43. The molecule has 9 heteroatoms. The summed E-state index contributed by atoms with van der Waals surface area (Å²) < 4.78 is 65.9. The Kier molecular flexibility index (Phi) is 5.33. The van der Waals surface area contributed by atoms with Crippen molar-refractivity contribution in [3.63, 3.8) is 0 Å². The summed E-state index contributed by atoms with van der Waals surface area (Å²) >= 11 is 5.96. The molecule has 0 saturated heterocycles. The quantitative estimate of drug-likeness (QED) is 0.540. The van der Waals surface area contributed by atoms with Crippen LogP contribution in [0.4, 0.5) is 27.6 Å². The third-order valence-corrected chi connectivity index (χ3v) is 4.11. The number of nitrogens with one attached hydrogen (secondary N) is 1. The number of rotatable bonds is 3. The molecule has 0 spiro atoms. The summed E-state index contributed by atoms with van der Waals surface area (Å²) in [6.07, 6.45) is -3.40. The lowest BCUT2D eigenvalue weighted by atomic mass is 10.1. The van der Waals surface area contributed by atoms with Crippen molar-refractivity contribution in [2.45, 2.75) is 6.18 Å². The summed E-state index contributed by atoms with van der Waals surface area (Å²) in [5.74, 6) is -3.09. The van der Waals surface area contributed by atoms with Gasteiger partial charge in [0.1, 0.15) is 17.2 Å². The first kappa shape index (κ1) is 19.8. The van der Waals surface area contributed by atoms with Crippen molar-refractivity contribution in [1.29, 1.82) is 0 Å². The third kappa shape index (κ3) is 4.12. The lowest BCUT2D eigenvalue weighted by Gasteiger charge is -2.11. The van der Waals surface area contributed by atoms with E-state index >= 15 is 0 Å². The van der Waals surface area contributed by atoms with E-state index in [9.17, 15) is 26.7 Å². The molecule has 0 atom stereocenters. The smallest absolute Gasteiger partial charge is 0.320 e. The molecule has 0 aliphatic heterocycles. The highest BCUT2D eigenvalue weighted by atomic mass is 35.5. The molecule has 2 aromatic carbocycles. The van der Waals surface area contributed by atoms with Crippen molar-refractivity contribution in [2.24, 2.45) is 0 Å². The molecule has 0 saturated carbocycles. The van der Waals surface area contributed by atoms with E-state index in [-0.39, 0.29) is 22.0 Å². The summed E-state index contributed by atoms with van der Waals surface area (Å²) in [6.45, 7) is 0. The van der Waals surface area contributed by atoms with Gasteiger partial charge in [0.05, 0.1) is 23.1 Å². The van der Waals surface area contributed by atoms with Gasteiger partial charge in [-0.15, -0.1) is 0 Å². The highest BCUT2D eigenvalue weighted by Gasteiger charge is 2.31. The van der Waals surface area contributed by atoms with Crippen molar-refractivity contribution >= 4 is 23.2 Å². The van der Waals surface area contributed by atoms with Gasteiger partial charge in [-0.05, 0) is 42.5 Å². The van der Waals surface area contributed by atoms with E-state index in [0.29, 0.717) is 0 Å². The molecule has 1 amide bonds. The number of hydrogen-bond acceptors (Lipinski definition) is 2. The van der Waals surface area contributed by atoms with Gasteiger partial charge in [0.15, 0.2) is 0 Å². The molecule has 0 fully saturated rings. The molecule has 0 aliphatic rings. The van der Waals surface area contributed by atoms with Crippen LogP contribution >= 0.6 is 11.6 Å². The Balaban J connectivity index is 1.86. The van der Waals surface area contributed by atoms with Crippen LogP contribution in [0.1, 0.15) is 15.9 Å². The number of alkyl halides is 3. The highest BCUT2D eigenvalue weighted by Crippen LogP contribution is 2.35. The minimum Gasteiger partial charge on any atom is -0.320 e. The number of aromatic nitrogens is 1. The Morgan fingerprint density at radius 3 is 2.25 bits per heavy atom. The van der Waals surface area contributed by atoms with Crippen LogP contribution in [0.5, 0.6) is 0 Å². The second kappa shape index (κ2) is 7.55. The largest absolute Gasteiger partial charge is 0.416 e. The lowest BCUT2D eigenvalue weighted by Crippen LogP contribution is -2.15. The number of carbonyl (C=O) groups excluding carboxylic acids is 1. The molecule has 3 aromatic rings. The van der Waals surface area contributed by atoms with Gasteiger partial charge in [-0.1, -0.05) is 17.7 Å². The van der Waals surface area contributed by atoms with Gasteiger partial charge < -0.3 is 5.32 Å². The fourth-order valence-corrected chi connectivity index (χ4v) is 2.65. The second-order valence-electron chi connectivity index (χ2n) is 5.68. The Hall–Kier alpha value is -3.00. The van der Waals surface area contributed by atoms with Crippen molar-refractivity contribution in [3.8, 4) is 11.3 Å². The van der Waals surface area contributed by atoms with E-state index in [4.69, 9.17) is 11.6 Å². The molecule has 1 heterocycles. The molecule has 0 radical (unpaired) electrons. The van der Waals surface area contributed by atoms with Gasteiger partial charge in [0.2, 0.25) is 0 Å². The molecule has 0 unspecified atom stereocenters. The van der Waals surface area contributed by atoms with Crippen molar-refractivity contribution in [2.75, 3.05) is 5.32 Å². The van der Waals surface area contributed by atoms with E-state index in [0.717, 1.165) is 42.6 Å². The molecule has 3 rings (SSSR count). The summed E-state index contributed by atoms with van der Waals surface area (Å²) in [4.78, 5) is 16.0. The molecular weight excluding hydrogens is 403 g/mol. The Labute approximate surface area is 160 Å². The van der Waals surface area contributed by atoms with Gasteiger partial charge in [-0.3, -0.25) is 9.78 Å². The Bertz CT molecular complexity index is 1020. The van der Waals surface area contributed by atoms with Crippen LogP contribution in [-0.2, 0) is 6.18 Å². The predicted molar refractivity (Wildman–Crippen MR) is 94.0 cm³/mol. The van der Waals surface area contributed by atoms with Crippen LogP contribution in [0.3, 0.4) is 0 Å². The first-order valence-electron chi connectivity index (χ1n) is 7.75. The molecule has 0 aliphatic carbocycles. The zero-order chi connectivity index (χ0) is 20.5. The SMILES string of the molecule is O=C(Nc1ccc(-c2cc(C(F)(F)F)ccc2Cl)nc1)c1c(F)cccc1F. The van der Waals surface area contributed by atoms with E-state index in [1.807, 2.05) is 0 Å². The van der Waals surface area contributed by atoms with E-state index in [1.165, 1.54) is 12.1 Å². The topological polar surface area (TPSA) is 42.0 Å². The maximum atomic E-state index is 13.6. The minimum absolute atomic E-state index is 0.0505. The van der Waals surface area contributed by atoms with Gasteiger partial charge >= 0.3 is 6.18 Å². The number of halogens is 6. The molecule has 144 valence electrons. The number of nitrogens with zero attached hydrogens (tertiary/aromatic N) is 1. The summed E-state index contributed by atoms with van der Waals surface area (Å²) in [5, 5.41) is 2.34. The van der Waals surface area contributed by atoms with Gasteiger partial charge in [0.25, 0.3) is 5.91 Å². The molecule has 0 bridgehead atoms. The summed E-state index contributed by atoms with van der Waals surface area (Å²) in [7, 11) is 0. The maximum Gasteiger partial charge on any atom is 0.416 e. The second-order valence-corrected chi connectivity index (χ2v) is 6.08. The van der Waals surface area contributed by atoms with Crippen molar-refractivity contribution in [3.05, 3.63) is 82.5 Å². The fraction of sp³-hybridized carbons (Fsp3) is 0.0526. The predicted octanol–water partition coefficient (Wildman–Crippen LogP) is 5.95. The van der Waals surface area contributed by atoms with Crippen LogP contribution in [0.25, 0.3) is 11.3 Å². The van der Waals surface area contributed by atoms with Crippen molar-refractivity contribution in [1.82, 2.24) is 4.98 Å². The molecule has 28 heavy (non-hydrogen) atoms. The lowest BCUT2D eigenvalue weighted by molar-refractivity contribution is -0.137. The van der Waals surface area contributed by atoms with Crippen LogP contribution in [0.15, 0.2) is 54.7 Å². The van der Waals surface area contributed by atoms with Gasteiger partial charge in [0, 0.05) is 10.6 Å². The van der Waals surface area contributed by atoms with Gasteiger partial charge in [-0.25, -0.2) is 8.78 Å². The average Bonchev–Trinajstić information content (AvgIpc) is 2.62. The normalized spacial score (nSPS) is 11.4. The van der Waals surface area contributed by atoms with E-state index in [1.54, 1.807) is 0 Å². The zero-order valence-corrected chi connectivity index (χ0v) is 14.6. The molecule has 1 N–H and O–H groups in total. The van der Waals surface area contributed by atoms with Crippen LogP contribution < -0.4 is 5.32 Å². The molecule has 3 nitrogen and oxygen atoms in total. The standard InChI is InChI=1S/C19H10ClF5N2O/c20-13-6-4-10(19(23,24)25)8-12(13)16-7-5-11(9-26-16)27-18(28)17-14(21)2-1-3-15(17)22/h1-9H,(H,27,28). The Morgan fingerprint density at radius 2 is 1.68 bits per heavy atom. The summed E-state index contributed by atoms with van der Waals surface area (Å²) in [5.41, 5.74) is -1.37. The molecule has 1 aromatic heterocycles. The zero-order valence-electron chi connectivity index (χ0n) is 13.8.